The number of hydrogen-bond acceptors (Lipinski definition) is 2. The molecule has 106 valence electrons. The topological polar surface area (TPSA) is 38.0 Å². The van der Waals surface area contributed by atoms with Gasteiger partial charge in [-0.3, -0.25) is 11.3 Å². The van der Waals surface area contributed by atoms with Crippen molar-refractivity contribution in [3.63, 3.8) is 0 Å². The van der Waals surface area contributed by atoms with E-state index in [2.05, 4.69) is 5.43 Å². The van der Waals surface area contributed by atoms with Crippen molar-refractivity contribution in [3.8, 4) is 0 Å². The van der Waals surface area contributed by atoms with Crippen molar-refractivity contribution in [3.05, 3.63) is 69.2 Å². The second-order valence-corrected chi connectivity index (χ2v) is 5.10. The summed E-state index contributed by atoms with van der Waals surface area (Å²) in [5.74, 6) is 3.74. The molecule has 2 aromatic carbocycles. The van der Waals surface area contributed by atoms with Crippen LogP contribution in [0.25, 0.3) is 0 Å². The van der Waals surface area contributed by atoms with E-state index in [9.17, 15) is 8.78 Å². The van der Waals surface area contributed by atoms with E-state index in [1.165, 1.54) is 6.07 Å². The van der Waals surface area contributed by atoms with Crippen LogP contribution in [-0.4, -0.2) is 0 Å². The lowest BCUT2D eigenvalue weighted by Crippen LogP contribution is -2.29. The van der Waals surface area contributed by atoms with Crippen LogP contribution in [0.1, 0.15) is 17.2 Å². The SMILES string of the molecule is NNC(Cc1ccc(F)c(F)c1)c1cccc(Cl)c1Cl. The minimum atomic E-state index is -0.893. The van der Waals surface area contributed by atoms with Crippen LogP contribution < -0.4 is 11.3 Å². The zero-order chi connectivity index (χ0) is 14.7. The molecule has 0 radical (unpaired) electrons. The molecular formula is C14H12Cl2F2N2. The predicted molar refractivity (Wildman–Crippen MR) is 76.6 cm³/mol. The molecule has 2 nitrogen and oxygen atoms in total. The molecule has 0 saturated carbocycles. The fraction of sp³-hybridized carbons (Fsp3) is 0.143. The number of nitrogens with two attached hydrogens (primary N) is 1. The van der Waals surface area contributed by atoms with E-state index in [1.807, 2.05) is 0 Å². The lowest BCUT2D eigenvalue weighted by Gasteiger charge is -2.18. The molecule has 20 heavy (non-hydrogen) atoms. The van der Waals surface area contributed by atoms with Crippen molar-refractivity contribution in [2.75, 3.05) is 0 Å². The number of rotatable bonds is 4. The lowest BCUT2D eigenvalue weighted by molar-refractivity contribution is 0.502. The first-order valence-corrected chi connectivity index (χ1v) is 6.62. The summed E-state index contributed by atoms with van der Waals surface area (Å²) >= 11 is 12.1. The normalized spacial score (nSPS) is 12.4. The lowest BCUT2D eigenvalue weighted by atomic mass is 9.99. The van der Waals surface area contributed by atoms with Gasteiger partial charge in [0.2, 0.25) is 0 Å². The van der Waals surface area contributed by atoms with Crippen molar-refractivity contribution in [1.82, 2.24) is 5.43 Å². The Labute approximate surface area is 125 Å². The number of hydrogen-bond donors (Lipinski definition) is 2. The third-order valence-corrected chi connectivity index (χ3v) is 3.82. The highest BCUT2D eigenvalue weighted by atomic mass is 35.5. The zero-order valence-corrected chi connectivity index (χ0v) is 11.8. The summed E-state index contributed by atoms with van der Waals surface area (Å²) in [6.45, 7) is 0. The molecule has 0 spiro atoms. The molecular weight excluding hydrogens is 305 g/mol. The molecule has 3 N–H and O–H groups in total. The number of hydrazine groups is 1. The standard InChI is InChI=1S/C14H12Cl2F2N2/c15-10-3-1-2-9(14(10)16)13(20-19)7-8-4-5-11(17)12(18)6-8/h1-6,13,20H,7,19H2. The van der Waals surface area contributed by atoms with E-state index < -0.39 is 11.6 Å². The third-order valence-electron chi connectivity index (χ3n) is 2.98. The Morgan fingerprint density at radius 2 is 1.85 bits per heavy atom. The van der Waals surface area contributed by atoms with Crippen LogP contribution in [0.3, 0.4) is 0 Å². The van der Waals surface area contributed by atoms with Crippen LogP contribution in [-0.2, 0) is 6.42 Å². The van der Waals surface area contributed by atoms with Gasteiger partial charge >= 0.3 is 0 Å². The quantitative estimate of drug-likeness (QED) is 0.660. The van der Waals surface area contributed by atoms with Crippen LogP contribution >= 0.6 is 23.2 Å². The minimum Gasteiger partial charge on any atom is -0.271 e. The molecule has 0 saturated heterocycles. The highest BCUT2D eigenvalue weighted by molar-refractivity contribution is 6.42. The van der Waals surface area contributed by atoms with Gasteiger partial charge in [0.25, 0.3) is 0 Å². The van der Waals surface area contributed by atoms with Crippen LogP contribution in [0.2, 0.25) is 10.0 Å². The molecule has 0 fully saturated rings. The molecule has 0 heterocycles. The van der Waals surface area contributed by atoms with Crippen LogP contribution in [0, 0.1) is 11.6 Å². The number of nitrogens with one attached hydrogen (secondary N) is 1. The molecule has 1 unspecified atom stereocenters. The molecule has 0 aliphatic heterocycles. The Hall–Kier alpha value is -1.20. The number of halogens is 4. The summed E-state index contributed by atoms with van der Waals surface area (Å²) in [6, 6.07) is 8.55. The average Bonchev–Trinajstić information content (AvgIpc) is 2.43. The highest BCUT2D eigenvalue weighted by Gasteiger charge is 2.16. The molecule has 0 bridgehead atoms. The second-order valence-electron chi connectivity index (χ2n) is 4.31. The van der Waals surface area contributed by atoms with Crippen LogP contribution in [0.5, 0.6) is 0 Å². The third kappa shape index (κ3) is 3.27. The van der Waals surface area contributed by atoms with Gasteiger partial charge in [-0.05, 0) is 35.7 Å². The Morgan fingerprint density at radius 1 is 1.10 bits per heavy atom. The van der Waals surface area contributed by atoms with Crippen LogP contribution in [0.4, 0.5) is 8.78 Å². The summed E-state index contributed by atoms with van der Waals surface area (Å²) < 4.78 is 26.1. The van der Waals surface area contributed by atoms with Gasteiger partial charge in [-0.15, -0.1) is 0 Å². The first-order chi connectivity index (χ1) is 9.52. The van der Waals surface area contributed by atoms with Gasteiger partial charge in [-0.1, -0.05) is 41.4 Å². The van der Waals surface area contributed by atoms with Gasteiger partial charge in [0.1, 0.15) is 0 Å². The van der Waals surface area contributed by atoms with Gasteiger partial charge in [0.15, 0.2) is 11.6 Å². The largest absolute Gasteiger partial charge is 0.271 e. The number of benzene rings is 2. The molecule has 0 aromatic heterocycles. The van der Waals surface area contributed by atoms with Gasteiger partial charge in [-0.25, -0.2) is 8.78 Å². The molecule has 0 aliphatic carbocycles. The van der Waals surface area contributed by atoms with Crippen molar-refractivity contribution in [2.45, 2.75) is 12.5 Å². The fourth-order valence-corrected chi connectivity index (χ4v) is 2.39. The summed E-state index contributed by atoms with van der Waals surface area (Å²) in [7, 11) is 0. The van der Waals surface area contributed by atoms with Crippen molar-refractivity contribution in [2.24, 2.45) is 5.84 Å². The monoisotopic (exact) mass is 316 g/mol. The highest BCUT2D eigenvalue weighted by Crippen LogP contribution is 2.31. The van der Waals surface area contributed by atoms with E-state index in [0.717, 1.165) is 12.1 Å². The van der Waals surface area contributed by atoms with Gasteiger partial charge in [0, 0.05) is 0 Å². The Balaban J connectivity index is 2.28. The van der Waals surface area contributed by atoms with E-state index in [4.69, 9.17) is 29.0 Å². The van der Waals surface area contributed by atoms with E-state index in [0.29, 0.717) is 27.6 Å². The summed E-state index contributed by atoms with van der Waals surface area (Å²) in [5, 5.41) is 0.800. The fourth-order valence-electron chi connectivity index (χ4n) is 1.95. The molecule has 6 heteroatoms. The predicted octanol–water partition coefficient (Wildman–Crippen LogP) is 4.02. The van der Waals surface area contributed by atoms with Gasteiger partial charge in [0.05, 0.1) is 16.1 Å². The second kappa shape index (κ2) is 6.50. The zero-order valence-electron chi connectivity index (χ0n) is 10.3. The first kappa shape index (κ1) is 15.2. The van der Waals surface area contributed by atoms with Gasteiger partial charge < -0.3 is 0 Å². The Bertz CT molecular complexity index is 620. The molecule has 0 aliphatic rings. The average molecular weight is 317 g/mol. The van der Waals surface area contributed by atoms with E-state index in [1.54, 1.807) is 18.2 Å². The summed E-state index contributed by atoms with van der Waals surface area (Å²) in [6.07, 6.45) is 0.355. The summed E-state index contributed by atoms with van der Waals surface area (Å²) in [5.41, 5.74) is 3.91. The van der Waals surface area contributed by atoms with Gasteiger partial charge in [-0.2, -0.15) is 0 Å². The molecule has 2 rings (SSSR count). The molecule has 0 amide bonds. The summed E-state index contributed by atoms with van der Waals surface area (Å²) in [4.78, 5) is 0. The maximum atomic E-state index is 13.2. The first-order valence-electron chi connectivity index (χ1n) is 5.87. The van der Waals surface area contributed by atoms with Crippen LogP contribution in [0.15, 0.2) is 36.4 Å². The molecule has 2 aromatic rings. The maximum Gasteiger partial charge on any atom is 0.159 e. The minimum absolute atomic E-state index is 0.355. The molecule has 1 atom stereocenters. The van der Waals surface area contributed by atoms with Crippen molar-refractivity contribution < 1.29 is 8.78 Å². The Kier molecular flexibility index (Phi) is 4.94. The Morgan fingerprint density at radius 3 is 2.50 bits per heavy atom. The van der Waals surface area contributed by atoms with E-state index in [-0.39, 0.29) is 6.04 Å². The van der Waals surface area contributed by atoms with Crippen molar-refractivity contribution >= 4 is 23.2 Å². The van der Waals surface area contributed by atoms with E-state index >= 15 is 0 Å². The maximum absolute atomic E-state index is 13.2. The smallest absolute Gasteiger partial charge is 0.159 e. The van der Waals surface area contributed by atoms with Crippen molar-refractivity contribution in [1.29, 1.82) is 0 Å².